The van der Waals surface area contributed by atoms with E-state index in [-0.39, 0.29) is 11.7 Å². The second-order valence-electron chi connectivity index (χ2n) is 4.68. The van der Waals surface area contributed by atoms with E-state index in [4.69, 9.17) is 17.3 Å². The molecule has 0 fully saturated rings. The van der Waals surface area contributed by atoms with Gasteiger partial charge in [-0.2, -0.15) is 0 Å². The van der Waals surface area contributed by atoms with Crippen molar-refractivity contribution in [1.82, 2.24) is 9.55 Å². The minimum Gasteiger partial charge on any atom is -0.370 e. The Morgan fingerprint density at radius 3 is 2.90 bits per heavy atom. The quantitative estimate of drug-likeness (QED) is 0.631. The van der Waals surface area contributed by atoms with Gasteiger partial charge in [-0.15, -0.1) is 11.6 Å². The highest BCUT2D eigenvalue weighted by Gasteiger charge is 2.11. The topological polar surface area (TPSA) is 60.9 Å². The largest absolute Gasteiger partial charge is 0.370 e. The Morgan fingerprint density at radius 1 is 1.40 bits per heavy atom. The highest BCUT2D eigenvalue weighted by Crippen LogP contribution is 2.19. The molecule has 0 saturated heterocycles. The minimum absolute atomic E-state index is 0.284. The van der Waals surface area contributed by atoms with Crippen LogP contribution in [0.2, 0.25) is 0 Å². The number of alkyl halides is 1. The van der Waals surface area contributed by atoms with Crippen LogP contribution >= 0.6 is 11.6 Å². The Hall–Kier alpha value is -1.62. The third kappa shape index (κ3) is 3.48. The maximum absolute atomic E-state index is 13.4. The number of unbranched alkanes of at least 4 members (excludes halogenated alkanes) is 1. The fraction of sp³-hybridized carbons (Fsp3) is 0.429. The van der Waals surface area contributed by atoms with E-state index in [1.54, 1.807) is 6.07 Å². The van der Waals surface area contributed by atoms with Crippen LogP contribution in [-0.4, -0.2) is 21.3 Å². The molecule has 0 aliphatic heterocycles. The lowest BCUT2D eigenvalue weighted by molar-refractivity contribution is -0.118. The van der Waals surface area contributed by atoms with Gasteiger partial charge in [0.1, 0.15) is 11.6 Å². The first-order valence-electron chi connectivity index (χ1n) is 6.60. The molecular formula is C14H17ClFN3O. The zero-order chi connectivity index (χ0) is 14.5. The molecule has 0 aliphatic rings. The predicted molar refractivity (Wildman–Crippen MR) is 77.2 cm³/mol. The van der Waals surface area contributed by atoms with Crippen molar-refractivity contribution in [2.75, 3.05) is 5.88 Å². The number of rotatable bonds is 7. The van der Waals surface area contributed by atoms with Crippen LogP contribution in [0.25, 0.3) is 11.0 Å². The normalized spacial score (nSPS) is 11.1. The number of hydrogen-bond donors (Lipinski definition) is 1. The standard InChI is InChI=1S/C14H17ClFN3O/c15-7-6-14-18-11-5-4-10(16)9-12(11)19(14)8-2-1-3-13(17)20/h4-5,9H,1-3,6-8H2,(H2,17,20). The lowest BCUT2D eigenvalue weighted by Crippen LogP contribution is -2.11. The molecular weight excluding hydrogens is 281 g/mol. The van der Waals surface area contributed by atoms with Gasteiger partial charge in [0.05, 0.1) is 11.0 Å². The number of fused-ring (bicyclic) bond motifs is 1. The van der Waals surface area contributed by atoms with Crippen LogP contribution in [0.15, 0.2) is 18.2 Å². The maximum Gasteiger partial charge on any atom is 0.217 e. The summed E-state index contributed by atoms with van der Waals surface area (Å²) in [4.78, 5) is 15.2. The highest BCUT2D eigenvalue weighted by atomic mass is 35.5. The second kappa shape index (κ2) is 6.70. The molecule has 108 valence electrons. The van der Waals surface area contributed by atoms with Crippen LogP contribution in [0.5, 0.6) is 0 Å². The van der Waals surface area contributed by atoms with Gasteiger partial charge in [-0.05, 0) is 31.0 Å². The monoisotopic (exact) mass is 297 g/mol. The molecule has 0 atom stereocenters. The van der Waals surface area contributed by atoms with Gasteiger partial charge in [0.25, 0.3) is 0 Å². The zero-order valence-corrected chi connectivity index (χ0v) is 11.9. The van der Waals surface area contributed by atoms with E-state index in [1.165, 1.54) is 12.1 Å². The smallest absolute Gasteiger partial charge is 0.217 e. The molecule has 1 aromatic heterocycles. The van der Waals surface area contributed by atoms with Gasteiger partial charge in [-0.25, -0.2) is 9.37 Å². The first-order valence-corrected chi connectivity index (χ1v) is 7.14. The third-order valence-electron chi connectivity index (χ3n) is 3.16. The van der Waals surface area contributed by atoms with Gasteiger partial charge in [-0.1, -0.05) is 0 Å². The molecule has 0 bridgehead atoms. The van der Waals surface area contributed by atoms with Crippen LogP contribution in [0, 0.1) is 5.82 Å². The Kier molecular flexibility index (Phi) is 4.95. The number of carbonyl (C=O) groups excluding carboxylic acids is 1. The van der Waals surface area contributed by atoms with Gasteiger partial charge < -0.3 is 10.3 Å². The van der Waals surface area contributed by atoms with Gasteiger partial charge >= 0.3 is 0 Å². The molecule has 6 heteroatoms. The maximum atomic E-state index is 13.4. The number of aryl methyl sites for hydroxylation is 2. The first-order chi connectivity index (χ1) is 9.61. The highest BCUT2D eigenvalue weighted by molar-refractivity contribution is 6.17. The van der Waals surface area contributed by atoms with Crippen molar-refractivity contribution in [2.24, 2.45) is 5.73 Å². The zero-order valence-electron chi connectivity index (χ0n) is 11.1. The van der Waals surface area contributed by atoms with Crippen LogP contribution in [0.1, 0.15) is 25.1 Å². The van der Waals surface area contributed by atoms with Crippen molar-refractivity contribution in [3.05, 3.63) is 29.8 Å². The molecule has 20 heavy (non-hydrogen) atoms. The number of aromatic nitrogens is 2. The minimum atomic E-state index is -0.299. The summed E-state index contributed by atoms with van der Waals surface area (Å²) >= 11 is 5.78. The number of nitrogens with zero attached hydrogens (tertiary/aromatic N) is 2. The van der Waals surface area contributed by atoms with Crippen molar-refractivity contribution >= 4 is 28.5 Å². The average molecular weight is 298 g/mol. The molecule has 2 N–H and O–H groups in total. The molecule has 0 aliphatic carbocycles. The van der Waals surface area contributed by atoms with Crippen LogP contribution in [0.4, 0.5) is 4.39 Å². The molecule has 1 aromatic carbocycles. The molecule has 0 unspecified atom stereocenters. The van der Waals surface area contributed by atoms with Crippen molar-refractivity contribution in [3.8, 4) is 0 Å². The molecule has 2 rings (SSSR count). The van der Waals surface area contributed by atoms with E-state index in [9.17, 15) is 9.18 Å². The van der Waals surface area contributed by atoms with E-state index in [0.29, 0.717) is 31.7 Å². The number of imidazole rings is 1. The number of amides is 1. The third-order valence-corrected chi connectivity index (χ3v) is 3.35. The van der Waals surface area contributed by atoms with Crippen molar-refractivity contribution in [1.29, 1.82) is 0 Å². The Labute approximate surface area is 121 Å². The number of halogens is 2. The summed E-state index contributed by atoms with van der Waals surface area (Å²) in [7, 11) is 0. The van der Waals surface area contributed by atoms with Crippen LogP contribution < -0.4 is 5.73 Å². The second-order valence-corrected chi connectivity index (χ2v) is 5.05. The van der Waals surface area contributed by atoms with Crippen molar-refractivity contribution in [2.45, 2.75) is 32.2 Å². The molecule has 0 saturated carbocycles. The number of carbonyl (C=O) groups is 1. The predicted octanol–water partition coefficient (Wildman–Crippen LogP) is 2.61. The van der Waals surface area contributed by atoms with Crippen LogP contribution in [0.3, 0.4) is 0 Å². The molecule has 2 aromatic rings. The molecule has 0 radical (unpaired) electrons. The lowest BCUT2D eigenvalue weighted by atomic mass is 10.2. The Morgan fingerprint density at radius 2 is 2.20 bits per heavy atom. The summed E-state index contributed by atoms with van der Waals surface area (Å²) in [6.07, 6.45) is 2.50. The number of nitrogens with two attached hydrogens (primary N) is 1. The molecule has 1 heterocycles. The summed E-state index contributed by atoms with van der Waals surface area (Å²) in [5, 5.41) is 0. The van der Waals surface area contributed by atoms with Gasteiger partial charge in [0, 0.05) is 25.3 Å². The summed E-state index contributed by atoms with van der Waals surface area (Å²) in [5.41, 5.74) is 6.65. The molecule has 1 amide bonds. The Bertz CT molecular complexity index is 612. The number of benzene rings is 1. The van der Waals surface area contributed by atoms with E-state index < -0.39 is 0 Å². The number of primary amides is 1. The van der Waals surface area contributed by atoms with Crippen molar-refractivity contribution in [3.63, 3.8) is 0 Å². The fourth-order valence-electron chi connectivity index (χ4n) is 2.24. The summed E-state index contributed by atoms with van der Waals surface area (Å²) in [6, 6.07) is 4.55. The summed E-state index contributed by atoms with van der Waals surface area (Å²) in [5.74, 6) is 0.730. The van der Waals surface area contributed by atoms with Crippen molar-refractivity contribution < 1.29 is 9.18 Å². The SMILES string of the molecule is NC(=O)CCCCn1c(CCCl)nc2ccc(F)cc21. The number of hydrogen-bond acceptors (Lipinski definition) is 2. The van der Waals surface area contributed by atoms with E-state index in [0.717, 1.165) is 23.3 Å². The summed E-state index contributed by atoms with van der Waals surface area (Å²) < 4.78 is 15.4. The molecule has 0 spiro atoms. The van der Waals surface area contributed by atoms with Crippen LogP contribution in [-0.2, 0) is 17.8 Å². The lowest BCUT2D eigenvalue weighted by Gasteiger charge is -2.08. The fourth-order valence-corrected chi connectivity index (χ4v) is 2.41. The van der Waals surface area contributed by atoms with E-state index >= 15 is 0 Å². The van der Waals surface area contributed by atoms with E-state index in [2.05, 4.69) is 4.98 Å². The Balaban J connectivity index is 2.21. The van der Waals surface area contributed by atoms with E-state index in [1.807, 2.05) is 4.57 Å². The summed E-state index contributed by atoms with van der Waals surface area (Å²) in [6.45, 7) is 0.680. The van der Waals surface area contributed by atoms with Gasteiger partial charge in [0.2, 0.25) is 5.91 Å². The van der Waals surface area contributed by atoms with Gasteiger partial charge in [0.15, 0.2) is 0 Å². The van der Waals surface area contributed by atoms with Gasteiger partial charge in [-0.3, -0.25) is 4.79 Å². The molecule has 4 nitrogen and oxygen atoms in total. The average Bonchev–Trinajstić information content (AvgIpc) is 2.72. The first kappa shape index (κ1) is 14.8.